The molecule has 84 valence electrons. The van der Waals surface area contributed by atoms with E-state index in [2.05, 4.69) is 52.1 Å². The average molecular weight is 287 g/mol. The maximum absolute atomic E-state index is 4.62. The second kappa shape index (κ2) is 4.00. The van der Waals surface area contributed by atoms with Gasteiger partial charge >= 0.3 is 0 Å². The van der Waals surface area contributed by atoms with E-state index in [-0.39, 0.29) is 0 Å². The van der Waals surface area contributed by atoms with Gasteiger partial charge in [-0.15, -0.1) is 0 Å². The van der Waals surface area contributed by atoms with Crippen molar-refractivity contribution in [1.29, 1.82) is 0 Å². The van der Waals surface area contributed by atoms with Crippen molar-refractivity contribution in [2.75, 3.05) is 0 Å². The third-order valence-corrected chi connectivity index (χ3v) is 3.40. The van der Waals surface area contributed by atoms with Crippen molar-refractivity contribution in [2.24, 2.45) is 0 Å². The molecule has 17 heavy (non-hydrogen) atoms. The predicted octanol–water partition coefficient (Wildman–Crippen LogP) is 4.07. The molecule has 3 rings (SSSR count). The number of pyridine rings is 1. The fraction of sp³-hybridized carbons (Fsp3) is 0.0714. The number of hydrogen-bond donors (Lipinski definition) is 0. The van der Waals surface area contributed by atoms with Gasteiger partial charge in [0, 0.05) is 11.8 Å². The summed E-state index contributed by atoms with van der Waals surface area (Å²) < 4.78 is 3.05. The number of aromatic nitrogens is 2. The van der Waals surface area contributed by atoms with Crippen LogP contribution in [0.3, 0.4) is 0 Å². The van der Waals surface area contributed by atoms with E-state index in [1.54, 1.807) is 0 Å². The SMILES string of the molecule is Cc1cccc(-c2cn3c(Br)cccc3n2)c1. The standard InChI is InChI=1S/C14H11BrN2/c1-10-4-2-5-11(8-10)12-9-17-13(15)6-3-7-14(17)16-12/h2-9H,1H3. The summed E-state index contributed by atoms with van der Waals surface area (Å²) in [5, 5.41) is 0. The Bertz CT molecular complexity index is 686. The second-order valence-corrected chi connectivity index (χ2v) is 4.88. The van der Waals surface area contributed by atoms with Crippen molar-refractivity contribution < 1.29 is 0 Å². The lowest BCUT2D eigenvalue weighted by Crippen LogP contribution is -1.82. The molecule has 3 aromatic rings. The fourth-order valence-electron chi connectivity index (χ4n) is 1.92. The summed E-state index contributed by atoms with van der Waals surface area (Å²) in [6, 6.07) is 14.4. The Morgan fingerprint density at radius 1 is 1.12 bits per heavy atom. The molecule has 0 bridgehead atoms. The van der Waals surface area contributed by atoms with Crippen molar-refractivity contribution in [3.8, 4) is 11.3 Å². The number of hydrogen-bond acceptors (Lipinski definition) is 1. The van der Waals surface area contributed by atoms with Crippen LogP contribution < -0.4 is 0 Å². The van der Waals surface area contributed by atoms with E-state index in [1.165, 1.54) is 5.56 Å². The molecule has 0 spiro atoms. The predicted molar refractivity (Wildman–Crippen MR) is 73.1 cm³/mol. The molecule has 0 N–H and O–H groups in total. The van der Waals surface area contributed by atoms with Crippen LogP contribution in [-0.2, 0) is 0 Å². The minimum atomic E-state index is 0.955. The van der Waals surface area contributed by atoms with Crippen molar-refractivity contribution in [2.45, 2.75) is 6.92 Å². The van der Waals surface area contributed by atoms with Crippen LogP contribution in [0.2, 0.25) is 0 Å². The molecule has 0 fully saturated rings. The number of halogens is 1. The number of fused-ring (bicyclic) bond motifs is 1. The summed E-state index contributed by atoms with van der Waals surface area (Å²) in [6.45, 7) is 2.09. The van der Waals surface area contributed by atoms with Crippen LogP contribution in [0.25, 0.3) is 16.9 Å². The molecule has 2 nitrogen and oxygen atoms in total. The van der Waals surface area contributed by atoms with Crippen molar-refractivity contribution in [3.05, 3.63) is 58.8 Å². The van der Waals surface area contributed by atoms with Gasteiger partial charge in [0.1, 0.15) is 5.65 Å². The largest absolute Gasteiger partial charge is 0.293 e. The Kier molecular flexibility index (Phi) is 2.48. The summed E-state index contributed by atoms with van der Waals surface area (Å²) >= 11 is 3.52. The number of aryl methyl sites for hydroxylation is 1. The van der Waals surface area contributed by atoms with Crippen LogP contribution >= 0.6 is 15.9 Å². The van der Waals surface area contributed by atoms with E-state index in [4.69, 9.17) is 0 Å². The first-order valence-electron chi connectivity index (χ1n) is 5.45. The number of rotatable bonds is 1. The molecule has 0 unspecified atom stereocenters. The Balaban J connectivity index is 2.22. The van der Waals surface area contributed by atoms with E-state index in [0.717, 1.165) is 21.5 Å². The van der Waals surface area contributed by atoms with E-state index >= 15 is 0 Å². The van der Waals surface area contributed by atoms with Crippen molar-refractivity contribution in [3.63, 3.8) is 0 Å². The fourth-order valence-corrected chi connectivity index (χ4v) is 2.36. The normalized spacial score (nSPS) is 10.9. The molecular weight excluding hydrogens is 276 g/mol. The molecule has 0 atom stereocenters. The third kappa shape index (κ3) is 1.87. The highest BCUT2D eigenvalue weighted by Crippen LogP contribution is 2.22. The number of nitrogens with zero attached hydrogens (tertiary/aromatic N) is 2. The van der Waals surface area contributed by atoms with Crippen LogP contribution in [0.4, 0.5) is 0 Å². The van der Waals surface area contributed by atoms with Gasteiger partial charge in [-0.3, -0.25) is 4.40 Å². The molecule has 0 amide bonds. The van der Waals surface area contributed by atoms with Gasteiger partial charge in [-0.25, -0.2) is 4.98 Å². The topological polar surface area (TPSA) is 17.3 Å². The summed E-state index contributed by atoms with van der Waals surface area (Å²) in [4.78, 5) is 4.62. The Hall–Kier alpha value is -1.61. The minimum Gasteiger partial charge on any atom is -0.293 e. The lowest BCUT2D eigenvalue weighted by Gasteiger charge is -1.97. The van der Waals surface area contributed by atoms with Crippen molar-refractivity contribution in [1.82, 2.24) is 9.38 Å². The third-order valence-electron chi connectivity index (χ3n) is 2.76. The number of benzene rings is 1. The minimum absolute atomic E-state index is 0.955. The first kappa shape index (κ1) is 10.5. The van der Waals surface area contributed by atoms with Gasteiger partial charge in [-0.1, -0.05) is 29.8 Å². The zero-order chi connectivity index (χ0) is 11.8. The Morgan fingerprint density at radius 3 is 2.71 bits per heavy atom. The van der Waals surface area contributed by atoms with E-state index in [1.807, 2.05) is 28.8 Å². The highest BCUT2D eigenvalue weighted by Gasteiger charge is 2.05. The Labute approximate surface area is 108 Å². The molecule has 1 aromatic carbocycles. The molecule has 2 aromatic heterocycles. The first-order valence-corrected chi connectivity index (χ1v) is 6.24. The molecular formula is C14H11BrN2. The highest BCUT2D eigenvalue weighted by molar-refractivity contribution is 9.10. The van der Waals surface area contributed by atoms with Crippen LogP contribution in [0, 0.1) is 6.92 Å². The van der Waals surface area contributed by atoms with E-state index in [9.17, 15) is 0 Å². The zero-order valence-electron chi connectivity index (χ0n) is 9.39. The molecule has 0 radical (unpaired) electrons. The van der Waals surface area contributed by atoms with E-state index < -0.39 is 0 Å². The zero-order valence-corrected chi connectivity index (χ0v) is 11.0. The Morgan fingerprint density at radius 2 is 1.94 bits per heavy atom. The monoisotopic (exact) mass is 286 g/mol. The van der Waals surface area contributed by atoms with Crippen LogP contribution in [0.1, 0.15) is 5.56 Å². The molecule has 0 aliphatic carbocycles. The maximum atomic E-state index is 4.62. The van der Waals surface area contributed by atoms with Gasteiger partial charge in [0.25, 0.3) is 0 Å². The van der Waals surface area contributed by atoms with Crippen LogP contribution in [-0.4, -0.2) is 9.38 Å². The summed E-state index contributed by atoms with van der Waals surface area (Å²) in [6.07, 6.45) is 2.05. The van der Waals surface area contributed by atoms with Gasteiger partial charge in [-0.2, -0.15) is 0 Å². The summed E-state index contributed by atoms with van der Waals surface area (Å²) in [5.74, 6) is 0. The average Bonchev–Trinajstić information content (AvgIpc) is 2.74. The molecule has 0 aliphatic rings. The lowest BCUT2D eigenvalue weighted by atomic mass is 10.1. The summed E-state index contributed by atoms with van der Waals surface area (Å²) in [7, 11) is 0. The van der Waals surface area contributed by atoms with Gasteiger partial charge in [0.2, 0.25) is 0 Å². The summed E-state index contributed by atoms with van der Waals surface area (Å²) in [5.41, 5.74) is 4.36. The lowest BCUT2D eigenvalue weighted by molar-refractivity contribution is 1.14. The van der Waals surface area contributed by atoms with Gasteiger partial charge in [0.15, 0.2) is 0 Å². The van der Waals surface area contributed by atoms with Gasteiger partial charge in [-0.05, 0) is 41.1 Å². The van der Waals surface area contributed by atoms with Crippen molar-refractivity contribution >= 4 is 21.6 Å². The van der Waals surface area contributed by atoms with Gasteiger partial charge < -0.3 is 0 Å². The smallest absolute Gasteiger partial charge is 0.138 e. The van der Waals surface area contributed by atoms with E-state index in [0.29, 0.717) is 0 Å². The maximum Gasteiger partial charge on any atom is 0.138 e. The molecule has 0 saturated heterocycles. The number of imidazole rings is 1. The quantitative estimate of drug-likeness (QED) is 0.617. The molecule has 3 heteroatoms. The molecule has 0 aliphatic heterocycles. The van der Waals surface area contributed by atoms with Gasteiger partial charge in [0.05, 0.1) is 10.3 Å². The van der Waals surface area contributed by atoms with Crippen LogP contribution in [0.15, 0.2) is 53.3 Å². The highest BCUT2D eigenvalue weighted by atomic mass is 79.9. The molecule has 2 heterocycles. The van der Waals surface area contributed by atoms with Crippen LogP contribution in [0.5, 0.6) is 0 Å². The first-order chi connectivity index (χ1) is 8.24. The molecule has 0 saturated carbocycles. The second-order valence-electron chi connectivity index (χ2n) is 4.07.